The molecule has 0 atom stereocenters. The third kappa shape index (κ3) is 4.22. The number of benzene rings is 7. The lowest BCUT2D eigenvalue weighted by atomic mass is 9.96. The van der Waals surface area contributed by atoms with Gasteiger partial charge < -0.3 is 8.83 Å². The monoisotopic (exact) mass is 627 g/mol. The van der Waals surface area contributed by atoms with Gasteiger partial charge in [-0.05, 0) is 58.3 Å². The molecule has 0 aliphatic rings. The van der Waals surface area contributed by atoms with Crippen molar-refractivity contribution >= 4 is 54.6 Å². The molecule has 48 heavy (non-hydrogen) atoms. The van der Waals surface area contributed by atoms with E-state index in [2.05, 4.69) is 0 Å². The summed E-state index contributed by atoms with van der Waals surface area (Å²) < 4.78 is 117. The number of hydrogen-bond acceptors (Lipinski definition) is 5. The van der Waals surface area contributed by atoms with Crippen LogP contribution in [0, 0.1) is 0 Å². The van der Waals surface area contributed by atoms with E-state index in [1.807, 2.05) is 36.4 Å². The third-order valence-corrected chi connectivity index (χ3v) is 8.26. The Morgan fingerprint density at radius 1 is 0.458 bits per heavy atom. The molecule has 0 N–H and O–H groups in total. The fraction of sp³-hybridized carbons (Fsp3) is 0. The summed E-state index contributed by atoms with van der Waals surface area (Å²) in [6, 6.07) is 16.7. The van der Waals surface area contributed by atoms with E-state index < -0.39 is 72.5 Å². The average molecular weight is 628 g/mol. The SMILES string of the molecule is [2H]c1c([2H])c([2H])c(-c2nc(-c3cccc4c3oc3ccccc34)nc(-c3cc(-c4c([2H])c([2H])c5c([2H])c([2H])c([2H])c([2H])c5c4[2H])cc4oc5ccccc5c34)n2)c([2H])c1[2H]. The summed E-state index contributed by atoms with van der Waals surface area (Å²) in [7, 11) is 0. The Morgan fingerprint density at radius 2 is 1.15 bits per heavy atom. The molecule has 3 aromatic heterocycles. The molecule has 10 aromatic rings. The van der Waals surface area contributed by atoms with E-state index in [0.717, 1.165) is 10.8 Å². The Kier molecular flexibility index (Phi) is 3.79. The minimum atomic E-state index is -0.596. The summed E-state index contributed by atoms with van der Waals surface area (Å²) in [6.07, 6.45) is 0. The fourth-order valence-electron chi connectivity index (χ4n) is 6.11. The zero-order valence-electron chi connectivity index (χ0n) is 36.7. The van der Waals surface area contributed by atoms with E-state index in [1.165, 1.54) is 0 Å². The normalized spacial score (nSPS) is 15.2. The van der Waals surface area contributed by atoms with Crippen molar-refractivity contribution in [2.45, 2.75) is 0 Å². The summed E-state index contributed by atoms with van der Waals surface area (Å²) in [5, 5.41) is 2.23. The molecule has 5 nitrogen and oxygen atoms in total. The number of para-hydroxylation sites is 3. The molecule has 5 heteroatoms. The second-order valence-corrected chi connectivity index (χ2v) is 11.1. The molecule has 0 radical (unpaired) electrons. The predicted molar refractivity (Wildman–Crippen MR) is 194 cm³/mol. The van der Waals surface area contributed by atoms with Crippen molar-refractivity contribution in [1.29, 1.82) is 0 Å². The van der Waals surface area contributed by atoms with Crippen LogP contribution in [0.25, 0.3) is 99.9 Å². The Hall–Kier alpha value is -6.59. The smallest absolute Gasteiger partial charge is 0.167 e. The van der Waals surface area contributed by atoms with E-state index in [9.17, 15) is 1.37 Å². The first-order valence-corrected chi connectivity index (χ1v) is 15.0. The maximum atomic E-state index is 9.30. The molecular weight excluding hydrogens is 590 g/mol. The maximum absolute atomic E-state index is 9.30. The molecule has 0 bridgehead atoms. The van der Waals surface area contributed by atoms with Gasteiger partial charge in [0.15, 0.2) is 17.5 Å². The molecule has 0 aliphatic carbocycles. The zero-order valence-corrected chi connectivity index (χ0v) is 24.7. The number of nitrogens with zero attached hydrogens (tertiary/aromatic N) is 3. The summed E-state index contributed by atoms with van der Waals surface area (Å²) in [4.78, 5) is 14.5. The largest absolute Gasteiger partial charge is 0.456 e. The lowest BCUT2D eigenvalue weighted by Gasteiger charge is -2.11. The molecule has 0 spiro atoms. The van der Waals surface area contributed by atoms with Crippen LogP contribution < -0.4 is 0 Å². The molecule has 10 rings (SSSR count). The third-order valence-electron chi connectivity index (χ3n) is 8.26. The Morgan fingerprint density at radius 3 is 2.00 bits per heavy atom. The number of hydrogen-bond donors (Lipinski definition) is 0. The molecule has 0 fully saturated rings. The number of furan rings is 2. The van der Waals surface area contributed by atoms with Crippen LogP contribution in [0.3, 0.4) is 0 Å². The molecule has 0 aliphatic heterocycles. The highest BCUT2D eigenvalue weighted by molar-refractivity contribution is 6.13. The highest BCUT2D eigenvalue weighted by Gasteiger charge is 2.21. The van der Waals surface area contributed by atoms with Crippen molar-refractivity contribution in [2.75, 3.05) is 0 Å². The quantitative estimate of drug-likeness (QED) is 0.194. The lowest BCUT2D eigenvalue weighted by molar-refractivity contribution is 0.668. The Bertz CT molecular complexity index is 3520. The maximum Gasteiger partial charge on any atom is 0.167 e. The van der Waals surface area contributed by atoms with E-state index in [0.29, 0.717) is 33.1 Å². The van der Waals surface area contributed by atoms with Crippen molar-refractivity contribution in [3.63, 3.8) is 0 Å². The van der Waals surface area contributed by atoms with Crippen LogP contribution in [0.5, 0.6) is 0 Å². The van der Waals surface area contributed by atoms with Gasteiger partial charge in [-0.1, -0.05) is 115 Å². The van der Waals surface area contributed by atoms with E-state index in [4.69, 9.17) is 38.9 Å². The molecule has 3 heterocycles. The highest BCUT2D eigenvalue weighted by Crippen LogP contribution is 2.41. The number of fused-ring (bicyclic) bond motifs is 7. The van der Waals surface area contributed by atoms with Gasteiger partial charge in [-0.15, -0.1) is 0 Å². The van der Waals surface area contributed by atoms with Gasteiger partial charge in [0.2, 0.25) is 0 Å². The molecule has 224 valence electrons. The van der Waals surface area contributed by atoms with Crippen LogP contribution in [0.2, 0.25) is 0 Å². The van der Waals surface area contributed by atoms with Crippen LogP contribution in [0.15, 0.2) is 160 Å². The van der Waals surface area contributed by atoms with Crippen molar-refractivity contribution in [3.05, 3.63) is 151 Å². The molecule has 0 saturated heterocycles. The first kappa shape index (κ1) is 17.4. The number of aromatic nitrogens is 3. The van der Waals surface area contributed by atoms with Gasteiger partial charge in [0.05, 0.1) is 22.0 Å². The van der Waals surface area contributed by atoms with Crippen LogP contribution in [-0.4, -0.2) is 15.0 Å². The first-order valence-electron chi connectivity index (χ1n) is 21.0. The van der Waals surface area contributed by atoms with Crippen molar-refractivity contribution in [2.24, 2.45) is 0 Å². The van der Waals surface area contributed by atoms with E-state index in [-0.39, 0.29) is 56.1 Å². The van der Waals surface area contributed by atoms with Crippen molar-refractivity contribution < 1.29 is 25.3 Å². The second kappa shape index (κ2) is 10.5. The van der Waals surface area contributed by atoms with Gasteiger partial charge in [0, 0.05) is 32.7 Å². The topological polar surface area (TPSA) is 65.0 Å². The fourth-order valence-corrected chi connectivity index (χ4v) is 6.11. The standard InChI is InChI=1S/C43H25N3O2/c1-2-12-27(13-3-1)41-44-42(34-18-10-17-32-31-15-6-8-19-36(31)48-40(32)34)46-43(45-41)35-24-30(29-22-21-26-11-4-5-14-28(26)23-29)25-38-39(35)33-16-7-9-20-37(33)47-38/h1-25H/i1D,2D,3D,4D,5D,11D,12D,13D,14D,21D,22D,23D. The van der Waals surface area contributed by atoms with Crippen LogP contribution >= 0.6 is 0 Å². The van der Waals surface area contributed by atoms with Crippen LogP contribution in [0.4, 0.5) is 0 Å². The van der Waals surface area contributed by atoms with Crippen LogP contribution in [-0.2, 0) is 0 Å². The zero-order chi connectivity index (χ0) is 42.0. The van der Waals surface area contributed by atoms with Gasteiger partial charge >= 0.3 is 0 Å². The molecule has 0 saturated carbocycles. The average Bonchev–Trinajstić information content (AvgIpc) is 3.83. The molecule has 7 aromatic carbocycles. The van der Waals surface area contributed by atoms with Gasteiger partial charge in [-0.3, -0.25) is 0 Å². The van der Waals surface area contributed by atoms with E-state index in [1.54, 1.807) is 42.5 Å². The highest BCUT2D eigenvalue weighted by atomic mass is 16.3. The van der Waals surface area contributed by atoms with Gasteiger partial charge in [-0.2, -0.15) is 0 Å². The first-order chi connectivity index (χ1) is 28.8. The molecule has 0 unspecified atom stereocenters. The second-order valence-electron chi connectivity index (χ2n) is 11.1. The lowest BCUT2D eigenvalue weighted by Crippen LogP contribution is -2.01. The minimum absolute atomic E-state index is 0.0373. The summed E-state index contributed by atoms with van der Waals surface area (Å²) in [6.45, 7) is 0. The van der Waals surface area contributed by atoms with Crippen molar-refractivity contribution in [1.82, 2.24) is 15.0 Å². The summed E-state index contributed by atoms with van der Waals surface area (Å²) in [5.74, 6) is -0.250. The van der Waals surface area contributed by atoms with Gasteiger partial charge in [0.1, 0.15) is 22.3 Å². The summed E-state index contributed by atoms with van der Waals surface area (Å²) >= 11 is 0. The Balaban J connectivity index is 1.34. The van der Waals surface area contributed by atoms with Gasteiger partial charge in [0.25, 0.3) is 0 Å². The summed E-state index contributed by atoms with van der Waals surface area (Å²) in [5.41, 5.74) is 2.20. The minimum Gasteiger partial charge on any atom is -0.456 e. The number of rotatable bonds is 4. The van der Waals surface area contributed by atoms with Crippen molar-refractivity contribution in [3.8, 4) is 45.3 Å². The van der Waals surface area contributed by atoms with E-state index >= 15 is 0 Å². The Labute approximate surface area is 291 Å². The molecular formula is C43H25N3O2. The predicted octanol–water partition coefficient (Wildman–Crippen LogP) is 11.5. The molecule has 0 amide bonds. The van der Waals surface area contributed by atoms with Crippen LogP contribution in [0.1, 0.15) is 16.4 Å². The van der Waals surface area contributed by atoms with Gasteiger partial charge in [-0.25, -0.2) is 15.0 Å².